The standard InChI is InChI=1S/C36H43N4O4S.C32H35N4O3S.C24H29N4OS.2BrH.HI/c1-6-44-35(41)10-9-21-40(2,3)20-8-7-18-39-19-17-27(31-16-15-30(43-5)24-32(31)39)23-34-38-36-33(45-34)22-28(25-37-36)26-11-13-29(42-4)14-12-26;1-5-39-31(37)12-9-17-36(2,3)22-35-16-15-24(27-14-13-26(38-4)20-28(27)35)19-30-34-32-29(40-30)18-25(21-33-32)23-10-7-6-8-11-23;1-28(2,3)14-8-7-12-27-13-11-18(20-9-5-6-10-21(20)27)15-23-26-24-22(30-23)16-19(29-4)17-25-24;;;/h11-17,19,22-25H,6-10,18,20-21H2,1-5H3;6-8,10-11,13-16,18-21H,5,9,12,17,22H2,1-4H3;5-6,9-11,13,15-17H,7-8,12,14H2,1-4H3;3*1H/q3*+1;;;/p-3. The van der Waals surface area contributed by atoms with E-state index in [0.29, 0.717) is 26.1 Å². The third-order valence-corrected chi connectivity index (χ3v) is 23.0. The number of ether oxygens (including phenoxy) is 6. The molecule has 14 rings (SSSR count). The fourth-order valence-corrected chi connectivity index (χ4v) is 16.8. The lowest BCUT2D eigenvalue weighted by Gasteiger charge is -2.37. The Morgan fingerprint density at radius 1 is 0.407 bits per heavy atom. The number of aromatic nitrogens is 6. The van der Waals surface area contributed by atoms with Crippen molar-refractivity contribution in [3.05, 3.63) is 221 Å². The summed E-state index contributed by atoms with van der Waals surface area (Å²) < 4.78 is 37.7. The van der Waals surface area contributed by atoms with Crippen LogP contribution in [0.15, 0.2) is 189 Å². The Morgan fingerprint density at radius 2 is 0.814 bits per heavy atom. The number of hydrogen-bond acceptors (Lipinski definition) is 20. The number of carbonyl (C=O) groups excluding carboxylic acids is 2. The van der Waals surface area contributed by atoms with Crippen LogP contribution in [0, 0.1) is 0 Å². The molecule has 0 saturated carbocycles. The van der Waals surface area contributed by atoms with Gasteiger partial charge >= 0.3 is 11.9 Å². The van der Waals surface area contributed by atoms with Crippen LogP contribution in [-0.4, -0.2) is 192 Å². The minimum atomic E-state index is -0.133. The summed E-state index contributed by atoms with van der Waals surface area (Å²) in [7, 11) is 22.3. The molecule has 26 heteroatoms. The van der Waals surface area contributed by atoms with E-state index >= 15 is 0 Å². The molecule has 9 heterocycles. The Bertz CT molecular complexity index is 5390. The number of nitrogens with zero attached hydrogens (tertiary/aromatic N) is 12. The van der Waals surface area contributed by atoms with E-state index in [2.05, 4.69) is 212 Å². The molecule has 6 aromatic heterocycles. The quantitative estimate of drug-likeness (QED) is 0.0173. The molecular formula is C92H107Br2IN12O8S3. The molecule has 5 aromatic carbocycles. The Labute approximate surface area is 744 Å². The first kappa shape index (κ1) is 92.6. The smallest absolute Gasteiger partial charge is 0.305 e. The SMILES string of the molecule is CCOC(=O)CCC[N+](C)(C)CCCCN1C=CC(=Cc2nc3ncc(-c4ccc(OC)cc4)cc3s2)c2ccc(OC)cc21.CCOC(=O)CCC[N+](C)(C)CN1C=CC(=Cc2nc3ncc(-c4ccccc4)cc3s2)c2ccc(OC)cc21.COc1cnc2nc(C=C3C=CN(CCCC[N+](C)(C)C)c4ccccc43)sc2c1.[Br-].[Br-].[I-]. The number of halogens is 3. The van der Waals surface area contributed by atoms with Crippen molar-refractivity contribution in [1.82, 2.24) is 29.9 Å². The zero-order valence-electron chi connectivity index (χ0n) is 69.6. The van der Waals surface area contributed by atoms with Crippen molar-refractivity contribution in [3.8, 4) is 45.3 Å². The van der Waals surface area contributed by atoms with Gasteiger partial charge in [0.15, 0.2) is 23.6 Å². The van der Waals surface area contributed by atoms with Crippen LogP contribution in [0.25, 0.3) is 88.2 Å². The number of carbonyl (C=O) groups is 2. The van der Waals surface area contributed by atoms with Crippen molar-refractivity contribution >= 4 is 129 Å². The van der Waals surface area contributed by atoms with E-state index in [1.165, 1.54) is 36.2 Å². The van der Waals surface area contributed by atoms with E-state index in [0.717, 1.165) is 203 Å². The van der Waals surface area contributed by atoms with E-state index in [1.807, 2.05) is 86.9 Å². The normalized spacial score (nSPS) is 13.8. The summed E-state index contributed by atoms with van der Waals surface area (Å²) in [6.07, 6.45) is 32.0. The third-order valence-electron chi connectivity index (χ3n) is 20.2. The Kier molecular flexibility index (Phi) is 34.3. The molecule has 0 bridgehead atoms. The van der Waals surface area contributed by atoms with Gasteiger partial charge in [0.25, 0.3) is 0 Å². The van der Waals surface area contributed by atoms with Gasteiger partial charge in [-0.3, -0.25) is 9.59 Å². The second-order valence-corrected chi connectivity index (χ2v) is 34.0. The average Bonchev–Trinajstić information content (AvgIpc) is 1.28. The van der Waals surface area contributed by atoms with Crippen LogP contribution >= 0.6 is 34.0 Å². The number of pyridine rings is 3. The molecule has 0 atom stereocenters. The number of fused-ring (bicyclic) bond motifs is 6. The van der Waals surface area contributed by atoms with Crippen LogP contribution in [0.4, 0.5) is 17.1 Å². The number of unbranched alkanes of at least 4 members (excludes halogenated alkanes) is 2. The minimum absolute atomic E-state index is 0. The lowest BCUT2D eigenvalue weighted by Crippen LogP contribution is -3.00. The van der Waals surface area contributed by atoms with E-state index in [4.69, 9.17) is 38.4 Å². The first-order valence-corrected chi connectivity index (χ1v) is 41.8. The van der Waals surface area contributed by atoms with Gasteiger partial charge in [-0.05, 0) is 158 Å². The summed E-state index contributed by atoms with van der Waals surface area (Å²) in [6.45, 7) is 11.3. The van der Waals surface area contributed by atoms with Gasteiger partial charge in [0.1, 0.15) is 38.0 Å². The molecule has 20 nitrogen and oxygen atoms in total. The van der Waals surface area contributed by atoms with Crippen LogP contribution in [0.3, 0.4) is 0 Å². The van der Waals surface area contributed by atoms with Crippen LogP contribution in [0.5, 0.6) is 23.0 Å². The molecule has 3 aliphatic rings. The lowest BCUT2D eigenvalue weighted by molar-refractivity contribution is -0.890. The fraction of sp³-hybridized carbons (Fsp3) is 0.326. The highest BCUT2D eigenvalue weighted by Crippen LogP contribution is 2.42. The Morgan fingerprint density at radius 3 is 1.31 bits per heavy atom. The minimum Gasteiger partial charge on any atom is -1.00 e. The number of thiazole rings is 3. The van der Waals surface area contributed by atoms with Gasteiger partial charge in [-0.15, -0.1) is 34.0 Å². The molecule has 0 aliphatic carbocycles. The maximum Gasteiger partial charge on any atom is 0.305 e. The number of esters is 2. The van der Waals surface area contributed by atoms with E-state index in [9.17, 15) is 9.59 Å². The zero-order valence-corrected chi connectivity index (χ0v) is 77.4. The van der Waals surface area contributed by atoms with Crippen LogP contribution < -0.4 is 91.6 Å². The van der Waals surface area contributed by atoms with Crippen molar-refractivity contribution in [1.29, 1.82) is 0 Å². The van der Waals surface area contributed by atoms with Gasteiger partial charge in [0, 0.05) is 109 Å². The first-order valence-electron chi connectivity index (χ1n) is 39.3. The highest BCUT2D eigenvalue weighted by Gasteiger charge is 2.27. The monoisotopic (exact) mass is 1890 g/mol. The van der Waals surface area contributed by atoms with E-state index < -0.39 is 0 Å². The third kappa shape index (κ3) is 25.4. The summed E-state index contributed by atoms with van der Waals surface area (Å²) in [4.78, 5) is 58.4. The number of rotatable bonds is 31. The van der Waals surface area contributed by atoms with Crippen molar-refractivity contribution < 1.29 is 109 Å². The summed E-state index contributed by atoms with van der Waals surface area (Å²) in [5, 5.41) is 2.79. The number of benzene rings is 5. The molecule has 3 aliphatic heterocycles. The lowest BCUT2D eigenvalue weighted by atomic mass is 9.99. The topological polar surface area (TPSA) is 177 Å². The van der Waals surface area contributed by atoms with Gasteiger partial charge in [0.2, 0.25) is 0 Å². The predicted molar refractivity (Wildman–Crippen MR) is 474 cm³/mol. The second-order valence-electron chi connectivity index (χ2n) is 30.9. The van der Waals surface area contributed by atoms with Crippen molar-refractivity contribution in [2.45, 2.75) is 65.2 Å². The van der Waals surface area contributed by atoms with Gasteiger partial charge < -0.3 is 115 Å². The Balaban J connectivity index is 0.000000203. The molecule has 0 spiro atoms. The number of para-hydroxylation sites is 1. The summed E-state index contributed by atoms with van der Waals surface area (Å²) in [5.41, 5.74) is 17.0. The molecule has 0 unspecified atom stereocenters. The number of allylic oxidation sites excluding steroid dienone is 6. The summed E-state index contributed by atoms with van der Waals surface area (Å²) in [5.74, 6) is 3.00. The number of quaternary nitrogens is 3. The van der Waals surface area contributed by atoms with E-state index in [-0.39, 0.29) is 69.9 Å². The maximum absolute atomic E-state index is 11.8. The molecular weight excluding hydrogens is 1780 g/mol. The molecule has 0 saturated heterocycles. The zero-order chi connectivity index (χ0) is 81.1. The maximum atomic E-state index is 11.8. The summed E-state index contributed by atoms with van der Waals surface area (Å²) in [6, 6.07) is 45.7. The molecule has 0 N–H and O–H groups in total. The molecule has 118 heavy (non-hydrogen) atoms. The van der Waals surface area contributed by atoms with Gasteiger partial charge in [-0.2, -0.15) is 0 Å². The molecule has 11 aromatic rings. The van der Waals surface area contributed by atoms with Crippen molar-refractivity contribution in [2.75, 3.05) is 152 Å². The largest absolute Gasteiger partial charge is 1.00 e. The van der Waals surface area contributed by atoms with Crippen molar-refractivity contribution in [2.24, 2.45) is 0 Å². The Hall–Kier alpha value is -9.23. The van der Waals surface area contributed by atoms with Gasteiger partial charge in [0.05, 0.1) is 162 Å². The highest BCUT2D eigenvalue weighted by atomic mass is 127. The van der Waals surface area contributed by atoms with Gasteiger partial charge in [-0.1, -0.05) is 60.7 Å². The number of methoxy groups -OCH3 is 4. The summed E-state index contributed by atoms with van der Waals surface area (Å²) >= 11 is 4.93. The van der Waals surface area contributed by atoms with Crippen LogP contribution in [-0.2, 0) is 19.1 Å². The van der Waals surface area contributed by atoms with Gasteiger partial charge in [-0.25, -0.2) is 29.9 Å². The van der Waals surface area contributed by atoms with Crippen molar-refractivity contribution in [3.63, 3.8) is 0 Å². The second kappa shape index (κ2) is 43.6. The predicted octanol–water partition coefficient (Wildman–Crippen LogP) is 10.1. The first-order chi connectivity index (χ1) is 55.6. The average molecular weight is 1890 g/mol. The molecule has 0 amide bonds. The molecule has 0 radical (unpaired) electrons. The highest BCUT2D eigenvalue weighted by molar-refractivity contribution is 7.20. The fourth-order valence-electron chi connectivity index (χ4n) is 14.1. The number of hydrogen-bond donors (Lipinski definition) is 0. The van der Waals surface area contributed by atoms with Crippen LogP contribution in [0.1, 0.15) is 96.9 Å². The number of anilines is 3. The van der Waals surface area contributed by atoms with E-state index in [1.54, 1.807) is 68.6 Å². The van der Waals surface area contributed by atoms with Crippen LogP contribution in [0.2, 0.25) is 0 Å². The molecule has 622 valence electrons. The molecule has 0 fully saturated rings.